The van der Waals surface area contributed by atoms with Crippen LogP contribution in [0, 0.1) is 5.92 Å². The highest BCUT2D eigenvalue weighted by atomic mass is 15.5. The number of hydrogen-bond acceptors (Lipinski definition) is 6. The second kappa shape index (κ2) is 4.85. The van der Waals surface area contributed by atoms with Crippen molar-refractivity contribution in [1.82, 2.24) is 25.0 Å². The van der Waals surface area contributed by atoms with Crippen LogP contribution >= 0.6 is 0 Å². The van der Waals surface area contributed by atoms with Crippen molar-refractivity contribution in [1.29, 1.82) is 0 Å². The molecule has 0 radical (unpaired) electrons. The van der Waals surface area contributed by atoms with E-state index in [1.807, 2.05) is 0 Å². The molecule has 0 amide bonds. The van der Waals surface area contributed by atoms with Gasteiger partial charge < -0.3 is 11.1 Å². The van der Waals surface area contributed by atoms with E-state index in [9.17, 15) is 0 Å². The molecule has 3 N–H and O–H groups in total. The molecule has 1 fully saturated rings. The van der Waals surface area contributed by atoms with Crippen molar-refractivity contribution in [3.8, 4) is 0 Å². The smallest absolute Gasteiger partial charge is 0.199 e. The van der Waals surface area contributed by atoms with Crippen molar-refractivity contribution in [2.75, 3.05) is 11.9 Å². The van der Waals surface area contributed by atoms with Crippen LogP contribution in [0.3, 0.4) is 0 Å². The summed E-state index contributed by atoms with van der Waals surface area (Å²) < 4.78 is 1.67. The van der Waals surface area contributed by atoms with Gasteiger partial charge in [0.2, 0.25) is 0 Å². The summed E-state index contributed by atoms with van der Waals surface area (Å²) in [5.74, 6) is 1.52. The second-order valence-electron chi connectivity index (χ2n) is 4.90. The van der Waals surface area contributed by atoms with Crippen LogP contribution in [0.5, 0.6) is 0 Å². The van der Waals surface area contributed by atoms with E-state index in [0.29, 0.717) is 17.6 Å². The minimum absolute atomic E-state index is 0.394. The molecule has 0 atom stereocenters. The average Bonchev–Trinajstić information content (AvgIpc) is 2.87. The maximum atomic E-state index is 5.90. The Kier molecular flexibility index (Phi) is 3.06. The zero-order valence-corrected chi connectivity index (χ0v) is 10.2. The number of rotatable bonds is 3. The molecule has 3 rings (SSSR count). The summed E-state index contributed by atoms with van der Waals surface area (Å²) in [6.07, 6.45) is 8.02. The van der Waals surface area contributed by atoms with Gasteiger partial charge >= 0.3 is 0 Å². The predicted molar refractivity (Wildman–Crippen MR) is 67.0 cm³/mol. The Morgan fingerprint density at radius 2 is 2.11 bits per heavy atom. The van der Waals surface area contributed by atoms with Gasteiger partial charge in [-0.2, -0.15) is 4.52 Å². The van der Waals surface area contributed by atoms with Gasteiger partial charge in [-0.3, -0.25) is 4.98 Å². The molecule has 1 aliphatic carbocycles. The highest BCUT2D eigenvalue weighted by Gasteiger charge is 2.18. The summed E-state index contributed by atoms with van der Waals surface area (Å²) in [7, 11) is 0. The second-order valence-corrected chi connectivity index (χ2v) is 4.90. The third-order valence-corrected chi connectivity index (χ3v) is 3.57. The average molecular weight is 247 g/mol. The minimum atomic E-state index is 0.394. The first kappa shape index (κ1) is 11.3. The van der Waals surface area contributed by atoms with Crippen molar-refractivity contribution >= 4 is 11.5 Å². The number of nitrogens with two attached hydrogens (primary N) is 1. The standard InChI is InChI=1S/C11H17N7/c12-9-3-1-8(2-4-9)5-14-10-6-13-7-11-15-16-17-18(10)11/h6-9,14H,1-5,12H2. The topological polar surface area (TPSA) is 94.0 Å². The quantitative estimate of drug-likeness (QED) is 0.817. The van der Waals surface area contributed by atoms with Crippen LogP contribution < -0.4 is 11.1 Å². The molecule has 18 heavy (non-hydrogen) atoms. The van der Waals surface area contributed by atoms with Crippen LogP contribution in [-0.2, 0) is 0 Å². The van der Waals surface area contributed by atoms with Crippen LogP contribution in [0.25, 0.3) is 5.65 Å². The SMILES string of the molecule is NC1CCC(CNc2cncc3nnnn23)CC1. The molecule has 0 aliphatic heterocycles. The van der Waals surface area contributed by atoms with E-state index < -0.39 is 0 Å². The van der Waals surface area contributed by atoms with E-state index in [1.54, 1.807) is 16.9 Å². The number of fused-ring (bicyclic) bond motifs is 1. The molecule has 7 heteroatoms. The number of nitrogens with zero attached hydrogens (tertiary/aromatic N) is 5. The summed E-state index contributed by atoms with van der Waals surface area (Å²) in [5, 5.41) is 14.8. The van der Waals surface area contributed by atoms with Crippen LogP contribution in [0.15, 0.2) is 12.4 Å². The zero-order chi connectivity index (χ0) is 12.4. The Labute approximate surface area is 105 Å². The Morgan fingerprint density at radius 3 is 2.94 bits per heavy atom. The highest BCUT2D eigenvalue weighted by Crippen LogP contribution is 2.23. The maximum Gasteiger partial charge on any atom is 0.199 e. The van der Waals surface area contributed by atoms with Crippen LogP contribution in [0.2, 0.25) is 0 Å². The predicted octanol–water partition coefficient (Wildman–Crippen LogP) is 0.449. The number of anilines is 1. The number of hydrogen-bond donors (Lipinski definition) is 2. The van der Waals surface area contributed by atoms with E-state index in [2.05, 4.69) is 25.8 Å². The molecular weight excluding hydrogens is 230 g/mol. The minimum Gasteiger partial charge on any atom is -0.368 e. The number of nitrogens with one attached hydrogen (secondary N) is 1. The molecule has 2 aromatic rings. The molecule has 96 valence electrons. The van der Waals surface area contributed by atoms with Crippen molar-refractivity contribution in [2.45, 2.75) is 31.7 Å². The Hall–Kier alpha value is -1.76. The molecule has 7 nitrogen and oxygen atoms in total. The summed E-state index contributed by atoms with van der Waals surface area (Å²) in [5.41, 5.74) is 6.56. The first-order chi connectivity index (χ1) is 8.83. The van der Waals surface area contributed by atoms with Gasteiger partial charge in [0, 0.05) is 12.6 Å². The molecule has 0 saturated heterocycles. The lowest BCUT2D eigenvalue weighted by molar-refractivity contribution is 0.338. The van der Waals surface area contributed by atoms with Crippen molar-refractivity contribution in [3.63, 3.8) is 0 Å². The largest absolute Gasteiger partial charge is 0.368 e. The molecule has 1 aliphatic rings. The van der Waals surface area contributed by atoms with Crippen LogP contribution in [0.1, 0.15) is 25.7 Å². The number of aromatic nitrogens is 5. The molecule has 2 aromatic heterocycles. The van der Waals surface area contributed by atoms with E-state index in [0.717, 1.165) is 25.2 Å². The lowest BCUT2D eigenvalue weighted by Gasteiger charge is -2.26. The van der Waals surface area contributed by atoms with Crippen molar-refractivity contribution in [3.05, 3.63) is 12.4 Å². The van der Waals surface area contributed by atoms with Gasteiger partial charge in [-0.1, -0.05) is 0 Å². The molecule has 0 aromatic carbocycles. The van der Waals surface area contributed by atoms with Gasteiger partial charge in [-0.25, -0.2) is 0 Å². The highest BCUT2D eigenvalue weighted by molar-refractivity contribution is 5.43. The summed E-state index contributed by atoms with van der Waals surface area (Å²) in [6, 6.07) is 0.394. The third-order valence-electron chi connectivity index (χ3n) is 3.57. The fraction of sp³-hybridized carbons (Fsp3) is 0.636. The van der Waals surface area contributed by atoms with Gasteiger partial charge in [-0.05, 0) is 42.0 Å². The van der Waals surface area contributed by atoms with Gasteiger partial charge in [0.15, 0.2) is 5.65 Å². The molecule has 1 saturated carbocycles. The number of tetrazole rings is 1. The molecular formula is C11H17N7. The van der Waals surface area contributed by atoms with E-state index in [-0.39, 0.29) is 0 Å². The van der Waals surface area contributed by atoms with Gasteiger partial charge in [0.25, 0.3) is 0 Å². The first-order valence-electron chi connectivity index (χ1n) is 6.34. The first-order valence-corrected chi connectivity index (χ1v) is 6.34. The summed E-state index contributed by atoms with van der Waals surface area (Å²) in [4.78, 5) is 4.12. The summed E-state index contributed by atoms with van der Waals surface area (Å²) in [6.45, 7) is 0.924. The fourth-order valence-electron chi connectivity index (χ4n) is 2.44. The van der Waals surface area contributed by atoms with Gasteiger partial charge in [0.05, 0.1) is 12.4 Å². The zero-order valence-electron chi connectivity index (χ0n) is 10.2. The maximum absolute atomic E-state index is 5.90. The Bertz CT molecular complexity index is 515. The summed E-state index contributed by atoms with van der Waals surface area (Å²) >= 11 is 0. The fourth-order valence-corrected chi connectivity index (χ4v) is 2.44. The monoisotopic (exact) mass is 247 g/mol. The van der Waals surface area contributed by atoms with Crippen molar-refractivity contribution < 1.29 is 0 Å². The van der Waals surface area contributed by atoms with Crippen LogP contribution in [0.4, 0.5) is 5.82 Å². The molecule has 0 spiro atoms. The normalized spacial score (nSPS) is 24.3. The Balaban J connectivity index is 1.64. The molecule has 0 bridgehead atoms. The molecule has 2 heterocycles. The van der Waals surface area contributed by atoms with E-state index in [1.165, 1.54) is 12.8 Å². The van der Waals surface area contributed by atoms with Gasteiger partial charge in [-0.15, -0.1) is 5.10 Å². The van der Waals surface area contributed by atoms with E-state index in [4.69, 9.17) is 5.73 Å². The van der Waals surface area contributed by atoms with Crippen molar-refractivity contribution in [2.24, 2.45) is 11.7 Å². The molecule has 0 unspecified atom stereocenters. The van der Waals surface area contributed by atoms with Crippen LogP contribution in [-0.4, -0.2) is 37.6 Å². The van der Waals surface area contributed by atoms with E-state index >= 15 is 0 Å². The lowest BCUT2D eigenvalue weighted by Crippen LogP contribution is -2.29. The lowest BCUT2D eigenvalue weighted by atomic mass is 9.86. The van der Waals surface area contributed by atoms with Gasteiger partial charge in [0.1, 0.15) is 5.82 Å². The Morgan fingerprint density at radius 1 is 1.28 bits per heavy atom. The third kappa shape index (κ3) is 2.26.